The van der Waals surface area contributed by atoms with Gasteiger partial charge in [-0.05, 0) is 41.8 Å². The van der Waals surface area contributed by atoms with Gasteiger partial charge in [0.05, 0.1) is 24.5 Å². The highest BCUT2D eigenvalue weighted by molar-refractivity contribution is 5.78. The van der Waals surface area contributed by atoms with Crippen LogP contribution in [0.1, 0.15) is 24.3 Å². The van der Waals surface area contributed by atoms with Gasteiger partial charge in [-0.2, -0.15) is 0 Å². The first-order chi connectivity index (χ1) is 12.8. The molecular weight excluding hydrogens is 362 g/mol. The van der Waals surface area contributed by atoms with Gasteiger partial charge >= 0.3 is 0 Å². The minimum Gasteiger partial charge on any atom is -0.389 e. The number of benzene rings is 1. The van der Waals surface area contributed by atoms with Gasteiger partial charge in [0.1, 0.15) is 11.6 Å². The normalized spacial score (nSPS) is 12.9. The van der Waals surface area contributed by atoms with Crippen molar-refractivity contribution in [1.29, 1.82) is 5.41 Å². The average Bonchev–Trinajstić information content (AvgIpc) is 2.61. The summed E-state index contributed by atoms with van der Waals surface area (Å²) >= 11 is 0. The smallest absolute Gasteiger partial charge is 0.255 e. The maximum atomic E-state index is 13.8. The Morgan fingerprint density at radius 1 is 1.22 bits per heavy atom. The van der Waals surface area contributed by atoms with Crippen LogP contribution in [0.2, 0.25) is 0 Å². The maximum absolute atomic E-state index is 13.8. The third kappa shape index (κ3) is 5.62. The lowest BCUT2D eigenvalue weighted by atomic mass is 9.93. The van der Waals surface area contributed by atoms with Gasteiger partial charge < -0.3 is 15.8 Å². The van der Waals surface area contributed by atoms with Crippen LogP contribution in [0.4, 0.5) is 17.6 Å². The number of nitrogens with one attached hydrogen (secondary N) is 2. The maximum Gasteiger partial charge on any atom is 0.255 e. The van der Waals surface area contributed by atoms with Gasteiger partial charge in [0.2, 0.25) is 0 Å². The molecule has 0 amide bonds. The Hall–Kier alpha value is -2.74. The molecule has 1 aromatic heterocycles. The van der Waals surface area contributed by atoms with E-state index >= 15 is 0 Å². The van der Waals surface area contributed by atoms with Crippen LogP contribution >= 0.6 is 0 Å². The highest BCUT2D eigenvalue weighted by Crippen LogP contribution is 2.32. The topological polar surface area (TPSA) is 69.0 Å². The Morgan fingerprint density at radius 2 is 1.96 bits per heavy atom. The second-order valence-electron chi connectivity index (χ2n) is 5.90. The van der Waals surface area contributed by atoms with Crippen LogP contribution < -0.4 is 5.32 Å². The van der Waals surface area contributed by atoms with Gasteiger partial charge in [-0.3, -0.25) is 4.98 Å². The van der Waals surface area contributed by atoms with Crippen LogP contribution in [-0.2, 0) is 6.42 Å². The van der Waals surface area contributed by atoms with E-state index in [1.54, 1.807) is 0 Å². The van der Waals surface area contributed by atoms with E-state index < -0.39 is 30.7 Å². The molecule has 144 valence electrons. The predicted molar refractivity (Wildman–Crippen MR) is 94.8 cm³/mol. The largest absolute Gasteiger partial charge is 0.389 e. The van der Waals surface area contributed by atoms with E-state index in [4.69, 9.17) is 5.41 Å². The number of pyridine rings is 1. The second kappa shape index (κ2) is 9.27. The van der Waals surface area contributed by atoms with Gasteiger partial charge in [-0.15, -0.1) is 0 Å². The Kier molecular flexibility index (Phi) is 7.06. The number of nitrogens with zero attached hydrogens (tertiary/aromatic N) is 1. The van der Waals surface area contributed by atoms with E-state index in [2.05, 4.69) is 10.3 Å². The number of alkyl halides is 2. The number of halogens is 4. The van der Waals surface area contributed by atoms with Crippen molar-refractivity contribution >= 4 is 6.21 Å². The summed E-state index contributed by atoms with van der Waals surface area (Å²) in [7, 11) is 0. The Morgan fingerprint density at radius 3 is 2.59 bits per heavy atom. The van der Waals surface area contributed by atoms with E-state index in [-0.39, 0.29) is 12.0 Å². The Bertz CT molecular complexity index is 838. The highest BCUT2D eigenvalue weighted by Gasteiger charge is 2.16. The molecule has 0 bridgehead atoms. The SMILES string of the molecule is C[C@@H](O)c1cc(F)ccc1-c1cc(F)cnc1C/C(C=N)=C/NCC(F)F. The summed E-state index contributed by atoms with van der Waals surface area (Å²) in [6, 6.07) is 4.97. The number of aliphatic hydroxyl groups excluding tert-OH is 1. The summed E-state index contributed by atoms with van der Waals surface area (Å²) < 4.78 is 51.8. The zero-order valence-electron chi connectivity index (χ0n) is 14.5. The van der Waals surface area contributed by atoms with Crippen LogP contribution in [0, 0.1) is 17.0 Å². The van der Waals surface area contributed by atoms with Crippen LogP contribution in [0.25, 0.3) is 11.1 Å². The first-order valence-electron chi connectivity index (χ1n) is 8.15. The molecule has 8 heteroatoms. The fourth-order valence-electron chi connectivity index (χ4n) is 2.58. The molecule has 0 saturated heterocycles. The molecule has 0 aliphatic rings. The summed E-state index contributed by atoms with van der Waals surface area (Å²) in [6.45, 7) is 0.896. The molecule has 0 aliphatic carbocycles. The number of rotatable bonds is 8. The van der Waals surface area contributed by atoms with Crippen molar-refractivity contribution in [2.45, 2.75) is 25.9 Å². The minimum atomic E-state index is -2.54. The lowest BCUT2D eigenvalue weighted by molar-refractivity contribution is 0.150. The lowest BCUT2D eigenvalue weighted by Crippen LogP contribution is -2.16. The number of hydrogen-bond donors (Lipinski definition) is 3. The van der Waals surface area contributed by atoms with Gasteiger partial charge in [0, 0.05) is 24.4 Å². The summed E-state index contributed by atoms with van der Waals surface area (Å²) in [6.07, 6.45) is -0.232. The van der Waals surface area contributed by atoms with Crippen LogP contribution in [0.5, 0.6) is 0 Å². The molecule has 1 heterocycles. The molecule has 0 unspecified atom stereocenters. The molecule has 2 rings (SSSR count). The van der Waals surface area contributed by atoms with E-state index in [9.17, 15) is 22.7 Å². The average molecular weight is 381 g/mol. The van der Waals surface area contributed by atoms with Crippen molar-refractivity contribution in [3.8, 4) is 11.1 Å². The summed E-state index contributed by atoms with van der Waals surface area (Å²) in [5, 5.41) is 19.8. The molecular formula is C19H19F4N3O. The Balaban J connectivity index is 2.45. The molecule has 0 saturated carbocycles. The zero-order valence-corrected chi connectivity index (χ0v) is 14.5. The predicted octanol–water partition coefficient (Wildman–Crippen LogP) is 4.01. The van der Waals surface area contributed by atoms with Crippen molar-refractivity contribution in [2.75, 3.05) is 6.54 Å². The third-order valence-electron chi connectivity index (χ3n) is 3.81. The molecule has 0 fully saturated rings. The van der Waals surface area contributed by atoms with Crippen molar-refractivity contribution in [3.05, 3.63) is 65.1 Å². The number of aromatic nitrogens is 1. The van der Waals surface area contributed by atoms with Crippen LogP contribution in [0.15, 0.2) is 42.2 Å². The molecule has 1 atom stereocenters. The van der Waals surface area contributed by atoms with Crippen LogP contribution in [0.3, 0.4) is 0 Å². The summed E-state index contributed by atoms with van der Waals surface area (Å²) in [4.78, 5) is 4.04. The molecule has 1 aromatic carbocycles. The second-order valence-corrected chi connectivity index (χ2v) is 5.90. The van der Waals surface area contributed by atoms with Crippen molar-refractivity contribution in [2.24, 2.45) is 0 Å². The fourth-order valence-corrected chi connectivity index (χ4v) is 2.58. The molecule has 0 radical (unpaired) electrons. The first kappa shape index (κ1) is 20.6. The summed E-state index contributed by atoms with van der Waals surface area (Å²) in [5.41, 5.74) is 1.70. The molecule has 4 nitrogen and oxygen atoms in total. The van der Waals surface area contributed by atoms with E-state index in [1.165, 1.54) is 31.3 Å². The molecule has 27 heavy (non-hydrogen) atoms. The fraction of sp³-hybridized carbons (Fsp3) is 0.263. The number of allylic oxidation sites excluding steroid dienone is 1. The van der Waals surface area contributed by atoms with Crippen LogP contribution in [-0.4, -0.2) is 29.3 Å². The minimum absolute atomic E-state index is 0.0615. The number of hydrogen-bond acceptors (Lipinski definition) is 4. The van der Waals surface area contributed by atoms with Crippen molar-refractivity contribution in [1.82, 2.24) is 10.3 Å². The van der Waals surface area contributed by atoms with E-state index in [1.807, 2.05) is 0 Å². The van der Waals surface area contributed by atoms with E-state index in [0.717, 1.165) is 18.5 Å². The number of aliphatic hydroxyl groups is 1. The van der Waals surface area contributed by atoms with Gasteiger partial charge in [-0.25, -0.2) is 17.6 Å². The first-order valence-corrected chi connectivity index (χ1v) is 8.15. The van der Waals surface area contributed by atoms with Gasteiger partial charge in [-0.1, -0.05) is 6.07 Å². The molecule has 0 spiro atoms. The molecule has 0 aliphatic heterocycles. The summed E-state index contributed by atoms with van der Waals surface area (Å²) in [5.74, 6) is -1.16. The quantitative estimate of drug-likeness (QED) is 0.478. The highest BCUT2D eigenvalue weighted by atomic mass is 19.3. The molecule has 3 N–H and O–H groups in total. The van der Waals surface area contributed by atoms with Crippen molar-refractivity contribution in [3.63, 3.8) is 0 Å². The Labute approximate surface area is 154 Å². The van der Waals surface area contributed by atoms with Crippen molar-refractivity contribution < 1.29 is 22.7 Å². The van der Waals surface area contributed by atoms with Gasteiger partial charge in [0.25, 0.3) is 6.43 Å². The lowest BCUT2D eigenvalue weighted by Gasteiger charge is -2.16. The standard InChI is InChI=1S/C19H19F4N3O/c1-11(27)16-5-13(20)2-3-15(16)17-6-14(21)9-26-18(17)4-12(7-24)8-25-10-19(22)23/h2-3,5-9,11,19,24-25,27H,4,10H2,1H3/b12-8-,24-7?/t11-/m1/s1. The van der Waals surface area contributed by atoms with E-state index in [0.29, 0.717) is 22.4 Å². The zero-order chi connectivity index (χ0) is 20.0. The third-order valence-corrected chi connectivity index (χ3v) is 3.81. The van der Waals surface area contributed by atoms with Gasteiger partial charge in [0.15, 0.2) is 0 Å². The molecule has 2 aromatic rings. The monoisotopic (exact) mass is 381 g/mol.